The summed E-state index contributed by atoms with van der Waals surface area (Å²) < 4.78 is 41.2. The van der Waals surface area contributed by atoms with E-state index in [-0.39, 0.29) is 21.7 Å². The van der Waals surface area contributed by atoms with E-state index in [9.17, 15) is 13.2 Å². The van der Waals surface area contributed by atoms with Crippen molar-refractivity contribution in [2.75, 3.05) is 19.0 Å². The van der Waals surface area contributed by atoms with Gasteiger partial charge in [0.05, 0.1) is 5.56 Å². The average molecular weight is 840 g/mol. The smallest absolute Gasteiger partial charge is 0.378 e. The molecule has 0 amide bonds. The van der Waals surface area contributed by atoms with E-state index in [4.69, 9.17) is 0 Å². The van der Waals surface area contributed by atoms with E-state index < -0.39 is 11.7 Å². The fourth-order valence-electron chi connectivity index (χ4n) is 8.16. The van der Waals surface area contributed by atoms with E-state index in [0.717, 1.165) is 79.1 Å². The zero-order chi connectivity index (χ0) is 46.0. The second-order valence-corrected chi connectivity index (χ2v) is 21.4. The summed E-state index contributed by atoms with van der Waals surface area (Å²) in [6, 6.07) is 36.0. The van der Waals surface area contributed by atoms with Crippen molar-refractivity contribution in [2.45, 2.75) is 111 Å². The molecule has 0 N–H and O–H groups in total. The Hall–Kier alpha value is -5.97. The molecule has 2 aliphatic carbocycles. The molecule has 1 nitrogen and oxygen atoms in total. The van der Waals surface area contributed by atoms with Crippen LogP contribution in [0.5, 0.6) is 0 Å². The molecule has 7 rings (SSSR count). The van der Waals surface area contributed by atoms with Crippen LogP contribution in [0.4, 0.5) is 18.9 Å². The second-order valence-electron chi connectivity index (χ2n) is 21.4. The lowest BCUT2D eigenvalue weighted by Gasteiger charge is -2.27. The lowest BCUT2D eigenvalue weighted by Crippen LogP contribution is -2.17. The van der Waals surface area contributed by atoms with Crippen LogP contribution in [-0.4, -0.2) is 14.1 Å². The molecular formula is C59H60F3N. The molecule has 0 atom stereocenters. The maximum atomic E-state index is 13.7. The molecule has 0 aliphatic heterocycles. The minimum atomic E-state index is -4.44. The van der Waals surface area contributed by atoms with Gasteiger partial charge in [-0.1, -0.05) is 167 Å². The third kappa shape index (κ3) is 9.24. The van der Waals surface area contributed by atoms with Gasteiger partial charge in [-0.2, -0.15) is 13.2 Å². The SMILES string of the molecule is CN(C)c1ccc(C#CC2=C3C(c4cc(C(C)(C)C)cc(C(C)(C)C)c4)=C(C#Cc4ccc(C(F)(F)F)cc4)C(c4cc(C(C)(C)C)cc(C(C)(C)C)c4)=C3c3ccccc32)cc1. The van der Waals surface area contributed by atoms with Gasteiger partial charge < -0.3 is 4.90 Å². The molecule has 0 fully saturated rings. The lowest BCUT2D eigenvalue weighted by atomic mass is 9.77. The van der Waals surface area contributed by atoms with E-state index in [2.05, 4.69) is 197 Å². The van der Waals surface area contributed by atoms with Gasteiger partial charge in [0.15, 0.2) is 0 Å². The standard InChI is InChI=1S/C59H60F3N/c1-55(2,3)42-31-39(32-43(35-42)56(4,5)6)51-50(30-24-37-19-25-41(26-20-37)59(60,61)62)52(40-33-44(57(7,8)9)36-45(34-40)58(10,11)12)54-49(47-17-15-16-18-48(47)53(51)54)29-23-38-21-27-46(28-22-38)63(13)14/h15-22,25-28,31-36H,1-14H3. The molecular weight excluding hydrogens is 780 g/mol. The topological polar surface area (TPSA) is 3.24 Å². The van der Waals surface area contributed by atoms with Crippen LogP contribution in [0.15, 0.2) is 120 Å². The first kappa shape index (κ1) is 45.1. The number of fused-ring (bicyclic) bond motifs is 3. The van der Waals surface area contributed by atoms with Crippen LogP contribution >= 0.6 is 0 Å². The molecule has 2 aliphatic rings. The van der Waals surface area contributed by atoms with Gasteiger partial charge in [0, 0.05) is 64.3 Å². The number of allylic oxidation sites excluding steroid dienone is 6. The Morgan fingerprint density at radius 1 is 0.381 bits per heavy atom. The summed E-state index contributed by atoms with van der Waals surface area (Å²) in [6.45, 7) is 27.0. The fraction of sp³-hybridized carbons (Fsp3) is 0.322. The van der Waals surface area contributed by atoms with E-state index in [1.165, 1.54) is 34.4 Å². The number of rotatable bonds is 3. The zero-order valence-corrected chi connectivity index (χ0v) is 39.5. The van der Waals surface area contributed by atoms with Crippen LogP contribution in [0.2, 0.25) is 0 Å². The molecule has 5 aromatic carbocycles. The second kappa shape index (κ2) is 16.0. The molecule has 0 saturated carbocycles. The third-order valence-electron chi connectivity index (χ3n) is 12.1. The van der Waals surface area contributed by atoms with Crippen LogP contribution in [-0.2, 0) is 27.8 Å². The van der Waals surface area contributed by atoms with Crippen molar-refractivity contribution in [1.29, 1.82) is 0 Å². The average Bonchev–Trinajstić information content (AvgIpc) is 3.69. The van der Waals surface area contributed by atoms with Crippen molar-refractivity contribution >= 4 is 28.0 Å². The molecule has 0 unspecified atom stereocenters. The summed E-state index contributed by atoms with van der Waals surface area (Å²) in [5, 5.41) is 0. The number of hydrogen-bond acceptors (Lipinski definition) is 1. The van der Waals surface area contributed by atoms with Gasteiger partial charge in [-0.15, -0.1) is 0 Å². The first-order chi connectivity index (χ1) is 29.2. The van der Waals surface area contributed by atoms with Crippen LogP contribution in [0.3, 0.4) is 0 Å². The fourth-order valence-corrected chi connectivity index (χ4v) is 8.16. The predicted octanol–water partition coefficient (Wildman–Crippen LogP) is 15.2. The Kier molecular flexibility index (Phi) is 11.4. The van der Waals surface area contributed by atoms with E-state index in [1.807, 2.05) is 14.1 Å². The van der Waals surface area contributed by atoms with Gasteiger partial charge >= 0.3 is 6.18 Å². The Balaban J connectivity index is 1.67. The quantitative estimate of drug-likeness (QED) is 0.164. The molecule has 0 saturated heterocycles. The zero-order valence-electron chi connectivity index (χ0n) is 39.5. The maximum Gasteiger partial charge on any atom is 0.416 e. The molecule has 4 heteroatoms. The highest BCUT2D eigenvalue weighted by Gasteiger charge is 2.40. The van der Waals surface area contributed by atoms with E-state index >= 15 is 0 Å². The van der Waals surface area contributed by atoms with Crippen molar-refractivity contribution in [2.24, 2.45) is 0 Å². The molecule has 5 aromatic rings. The molecule has 0 spiro atoms. The van der Waals surface area contributed by atoms with Gasteiger partial charge in [0.25, 0.3) is 0 Å². The highest BCUT2D eigenvalue weighted by Crippen LogP contribution is 2.58. The molecule has 63 heavy (non-hydrogen) atoms. The van der Waals surface area contributed by atoms with E-state index in [0.29, 0.717) is 5.56 Å². The summed E-state index contributed by atoms with van der Waals surface area (Å²) in [5.41, 5.74) is 16.1. The van der Waals surface area contributed by atoms with Gasteiger partial charge in [-0.3, -0.25) is 0 Å². The summed E-state index contributed by atoms with van der Waals surface area (Å²) in [5.74, 6) is 14.3. The minimum Gasteiger partial charge on any atom is -0.378 e. The van der Waals surface area contributed by atoms with Crippen molar-refractivity contribution in [3.63, 3.8) is 0 Å². The van der Waals surface area contributed by atoms with Gasteiger partial charge in [0.1, 0.15) is 0 Å². The van der Waals surface area contributed by atoms with Crippen LogP contribution < -0.4 is 4.90 Å². The van der Waals surface area contributed by atoms with Crippen molar-refractivity contribution in [3.8, 4) is 23.7 Å². The number of nitrogens with zero attached hydrogens (tertiary/aromatic N) is 1. The summed E-state index contributed by atoms with van der Waals surface area (Å²) in [6.07, 6.45) is -4.44. The number of alkyl halides is 3. The van der Waals surface area contributed by atoms with Crippen molar-refractivity contribution in [3.05, 3.63) is 182 Å². The summed E-state index contributed by atoms with van der Waals surface area (Å²) >= 11 is 0. The van der Waals surface area contributed by atoms with Crippen LogP contribution in [0.25, 0.3) is 22.3 Å². The Morgan fingerprint density at radius 2 is 0.778 bits per heavy atom. The third-order valence-corrected chi connectivity index (χ3v) is 12.1. The monoisotopic (exact) mass is 839 g/mol. The molecule has 322 valence electrons. The Morgan fingerprint density at radius 3 is 1.19 bits per heavy atom. The maximum absolute atomic E-state index is 13.7. The molecule has 0 bridgehead atoms. The van der Waals surface area contributed by atoms with Crippen molar-refractivity contribution in [1.82, 2.24) is 0 Å². The number of anilines is 1. The highest BCUT2D eigenvalue weighted by molar-refractivity contribution is 6.30. The Labute approximate surface area is 374 Å². The van der Waals surface area contributed by atoms with E-state index in [1.54, 1.807) is 0 Å². The molecule has 0 radical (unpaired) electrons. The largest absolute Gasteiger partial charge is 0.416 e. The summed E-state index contributed by atoms with van der Waals surface area (Å²) in [4.78, 5) is 2.08. The first-order valence-electron chi connectivity index (χ1n) is 21.9. The normalized spacial score (nSPS) is 14.3. The number of halogens is 3. The van der Waals surface area contributed by atoms with Crippen LogP contribution in [0.1, 0.15) is 144 Å². The Bertz CT molecular complexity index is 2770. The van der Waals surface area contributed by atoms with Crippen LogP contribution in [0, 0.1) is 23.7 Å². The van der Waals surface area contributed by atoms with Gasteiger partial charge in [-0.05, 0) is 115 Å². The molecule has 0 heterocycles. The number of hydrogen-bond donors (Lipinski definition) is 0. The number of benzene rings is 5. The summed E-state index contributed by atoms with van der Waals surface area (Å²) in [7, 11) is 4.06. The van der Waals surface area contributed by atoms with Gasteiger partial charge in [-0.25, -0.2) is 0 Å². The lowest BCUT2D eigenvalue weighted by molar-refractivity contribution is -0.137. The van der Waals surface area contributed by atoms with Gasteiger partial charge in [0.2, 0.25) is 0 Å². The molecule has 0 aromatic heterocycles. The van der Waals surface area contributed by atoms with Crippen molar-refractivity contribution < 1.29 is 13.2 Å². The predicted molar refractivity (Wildman–Crippen MR) is 261 cm³/mol. The first-order valence-corrected chi connectivity index (χ1v) is 21.9. The minimum absolute atomic E-state index is 0.161. The highest BCUT2D eigenvalue weighted by atomic mass is 19.4.